The maximum atomic E-state index is 6.51. The molecule has 0 radical (unpaired) electrons. The Morgan fingerprint density at radius 1 is 1.44 bits per heavy atom. The lowest BCUT2D eigenvalue weighted by atomic mass is 9.73. The highest BCUT2D eigenvalue weighted by Crippen LogP contribution is 2.50. The number of aromatic nitrogens is 1. The molecule has 0 unspecified atom stereocenters. The van der Waals surface area contributed by atoms with Crippen molar-refractivity contribution >= 4 is 0 Å². The van der Waals surface area contributed by atoms with Crippen molar-refractivity contribution < 1.29 is 4.74 Å². The second-order valence-corrected chi connectivity index (χ2v) is 5.73. The average molecular weight is 247 g/mol. The minimum absolute atomic E-state index is 0.115. The normalized spacial score (nSPS) is 26.3. The summed E-state index contributed by atoms with van der Waals surface area (Å²) >= 11 is 0. The van der Waals surface area contributed by atoms with Gasteiger partial charge in [0.25, 0.3) is 0 Å². The fraction of sp³-hybridized carbons (Fsp3) is 0.643. The quantitative estimate of drug-likeness (QED) is 0.814. The number of nitrogens with zero attached hydrogens (tertiary/aromatic N) is 2. The first-order valence-corrected chi connectivity index (χ1v) is 6.61. The number of rotatable bonds is 1. The first-order chi connectivity index (χ1) is 8.64. The summed E-state index contributed by atoms with van der Waals surface area (Å²) < 4.78 is 5.25. The van der Waals surface area contributed by atoms with Gasteiger partial charge < -0.3 is 15.4 Å². The molecule has 1 aromatic rings. The van der Waals surface area contributed by atoms with Gasteiger partial charge in [-0.1, -0.05) is 0 Å². The second kappa shape index (κ2) is 4.21. The van der Waals surface area contributed by atoms with Crippen molar-refractivity contribution in [2.24, 2.45) is 11.1 Å². The van der Waals surface area contributed by atoms with E-state index >= 15 is 0 Å². The van der Waals surface area contributed by atoms with Crippen LogP contribution in [0.3, 0.4) is 0 Å². The van der Waals surface area contributed by atoms with E-state index in [0.717, 1.165) is 25.3 Å². The number of piperidine rings is 1. The summed E-state index contributed by atoms with van der Waals surface area (Å²) in [6.07, 6.45) is 5.17. The molecule has 4 nitrogen and oxygen atoms in total. The lowest BCUT2D eigenvalue weighted by Crippen LogP contribution is -2.42. The molecule has 2 N–H and O–H groups in total. The zero-order valence-electron chi connectivity index (χ0n) is 11.1. The van der Waals surface area contributed by atoms with Crippen LogP contribution in [0.1, 0.15) is 30.1 Å². The number of hydrogen-bond acceptors (Lipinski definition) is 4. The summed E-state index contributed by atoms with van der Waals surface area (Å²) in [5, 5.41) is 0. The van der Waals surface area contributed by atoms with Gasteiger partial charge >= 0.3 is 0 Å². The largest absolute Gasteiger partial charge is 0.495 e. The van der Waals surface area contributed by atoms with Crippen molar-refractivity contribution in [3.05, 3.63) is 23.5 Å². The lowest BCUT2D eigenvalue weighted by Gasteiger charge is -2.40. The summed E-state index contributed by atoms with van der Waals surface area (Å²) in [6.45, 7) is 2.28. The van der Waals surface area contributed by atoms with Gasteiger partial charge in [0.05, 0.1) is 13.3 Å². The van der Waals surface area contributed by atoms with E-state index in [0.29, 0.717) is 0 Å². The minimum atomic E-state index is 0.115. The highest BCUT2D eigenvalue weighted by Gasteiger charge is 2.46. The molecule has 0 saturated carbocycles. The molecule has 18 heavy (non-hydrogen) atoms. The van der Waals surface area contributed by atoms with Gasteiger partial charge in [-0.25, -0.2) is 0 Å². The lowest BCUT2D eigenvalue weighted by molar-refractivity contribution is 0.105. The Morgan fingerprint density at radius 2 is 2.17 bits per heavy atom. The van der Waals surface area contributed by atoms with Gasteiger partial charge in [0, 0.05) is 11.7 Å². The third kappa shape index (κ3) is 1.71. The number of hydrogen-bond donors (Lipinski definition) is 1. The molecule has 98 valence electrons. The molecule has 0 bridgehead atoms. The maximum Gasteiger partial charge on any atom is 0.137 e. The van der Waals surface area contributed by atoms with Crippen LogP contribution in [0.5, 0.6) is 5.75 Å². The van der Waals surface area contributed by atoms with Crippen LogP contribution in [0.2, 0.25) is 0 Å². The fourth-order valence-electron chi connectivity index (χ4n) is 3.34. The van der Waals surface area contributed by atoms with Crippen LogP contribution >= 0.6 is 0 Å². The molecule has 1 atom stereocenters. The van der Waals surface area contributed by atoms with Crippen molar-refractivity contribution in [1.82, 2.24) is 9.88 Å². The molecule has 2 aliphatic rings. The number of nitrogens with two attached hydrogens (primary N) is 1. The van der Waals surface area contributed by atoms with Gasteiger partial charge in [0.1, 0.15) is 5.75 Å². The van der Waals surface area contributed by atoms with Gasteiger partial charge in [0.15, 0.2) is 0 Å². The average Bonchev–Trinajstić information content (AvgIpc) is 2.66. The van der Waals surface area contributed by atoms with E-state index in [-0.39, 0.29) is 11.5 Å². The standard InChI is InChI=1S/C14H21N3O/c1-17-5-3-14(4-6-17)8-12-11(13(14)15)7-10(18-2)9-16-12/h7,9,13H,3-6,8,15H2,1-2H3/t13-/m1/s1. The molecule has 1 aromatic heterocycles. The molecule has 1 aliphatic carbocycles. The molecule has 1 fully saturated rings. The first-order valence-electron chi connectivity index (χ1n) is 6.61. The molecular weight excluding hydrogens is 226 g/mol. The van der Waals surface area contributed by atoms with E-state index in [2.05, 4.69) is 23.0 Å². The van der Waals surface area contributed by atoms with E-state index in [1.807, 2.05) is 0 Å². The van der Waals surface area contributed by atoms with E-state index in [9.17, 15) is 0 Å². The first kappa shape index (κ1) is 11.9. The highest BCUT2D eigenvalue weighted by molar-refractivity contribution is 5.38. The van der Waals surface area contributed by atoms with Crippen LogP contribution in [0, 0.1) is 5.41 Å². The van der Waals surface area contributed by atoms with Crippen molar-refractivity contribution in [1.29, 1.82) is 0 Å². The highest BCUT2D eigenvalue weighted by atomic mass is 16.5. The van der Waals surface area contributed by atoms with Gasteiger partial charge in [-0.3, -0.25) is 4.98 Å². The Hall–Kier alpha value is -1.13. The SMILES string of the molecule is COc1cnc2c(c1)[C@@H](N)C1(CCN(C)CC1)C2. The topological polar surface area (TPSA) is 51.4 Å². The van der Waals surface area contributed by atoms with Gasteiger partial charge in [-0.2, -0.15) is 0 Å². The summed E-state index contributed by atoms with van der Waals surface area (Å²) in [5.41, 5.74) is 9.11. The fourth-order valence-corrected chi connectivity index (χ4v) is 3.34. The van der Waals surface area contributed by atoms with E-state index in [1.54, 1.807) is 13.3 Å². The Kier molecular flexibility index (Phi) is 2.79. The van der Waals surface area contributed by atoms with Crippen molar-refractivity contribution in [2.75, 3.05) is 27.2 Å². The van der Waals surface area contributed by atoms with Crippen LogP contribution in [0.25, 0.3) is 0 Å². The molecule has 0 amide bonds. The van der Waals surface area contributed by atoms with Crippen LogP contribution in [-0.2, 0) is 6.42 Å². The molecule has 0 aromatic carbocycles. The van der Waals surface area contributed by atoms with Gasteiger partial charge in [0.2, 0.25) is 0 Å². The Bertz CT molecular complexity index is 452. The predicted molar refractivity (Wildman–Crippen MR) is 70.6 cm³/mol. The molecule has 2 heterocycles. The molecule has 1 aliphatic heterocycles. The Morgan fingerprint density at radius 3 is 2.83 bits per heavy atom. The second-order valence-electron chi connectivity index (χ2n) is 5.73. The Balaban J connectivity index is 1.91. The number of ether oxygens (including phenoxy) is 1. The smallest absolute Gasteiger partial charge is 0.137 e. The zero-order valence-corrected chi connectivity index (χ0v) is 11.1. The van der Waals surface area contributed by atoms with Crippen LogP contribution in [0.15, 0.2) is 12.3 Å². The summed E-state index contributed by atoms with van der Waals surface area (Å²) in [5.74, 6) is 0.814. The van der Waals surface area contributed by atoms with E-state index in [4.69, 9.17) is 10.5 Å². The van der Waals surface area contributed by atoms with Crippen LogP contribution in [-0.4, -0.2) is 37.1 Å². The summed E-state index contributed by atoms with van der Waals surface area (Å²) in [4.78, 5) is 6.91. The number of pyridine rings is 1. The number of fused-ring (bicyclic) bond motifs is 1. The van der Waals surface area contributed by atoms with Crippen LogP contribution in [0.4, 0.5) is 0 Å². The number of likely N-dealkylation sites (tertiary alicyclic amines) is 1. The molecule has 1 saturated heterocycles. The molecule has 3 rings (SSSR count). The third-order valence-corrected chi connectivity index (χ3v) is 4.71. The van der Waals surface area contributed by atoms with Crippen LogP contribution < -0.4 is 10.5 Å². The predicted octanol–water partition coefficient (Wildman–Crippen LogP) is 1.36. The monoisotopic (exact) mass is 247 g/mol. The van der Waals surface area contributed by atoms with E-state index in [1.165, 1.54) is 24.1 Å². The minimum Gasteiger partial charge on any atom is -0.495 e. The van der Waals surface area contributed by atoms with Crippen molar-refractivity contribution in [2.45, 2.75) is 25.3 Å². The Labute approximate surface area is 108 Å². The summed E-state index contributed by atoms with van der Waals surface area (Å²) in [6, 6.07) is 2.18. The third-order valence-electron chi connectivity index (χ3n) is 4.71. The van der Waals surface area contributed by atoms with Gasteiger partial charge in [-0.05, 0) is 56.4 Å². The molecule has 4 heteroatoms. The zero-order chi connectivity index (χ0) is 12.8. The molecular formula is C14H21N3O. The molecule has 1 spiro atoms. The van der Waals surface area contributed by atoms with Crippen molar-refractivity contribution in [3.8, 4) is 5.75 Å². The maximum absolute atomic E-state index is 6.51. The van der Waals surface area contributed by atoms with Gasteiger partial charge in [-0.15, -0.1) is 0 Å². The van der Waals surface area contributed by atoms with Crippen molar-refractivity contribution in [3.63, 3.8) is 0 Å². The number of methoxy groups -OCH3 is 1. The van der Waals surface area contributed by atoms with E-state index < -0.39 is 0 Å². The summed E-state index contributed by atoms with van der Waals surface area (Å²) in [7, 11) is 3.86.